The minimum atomic E-state index is -0.854. The molecular weight excluding hydrogens is 598 g/mol. The van der Waals surface area contributed by atoms with Gasteiger partial charge in [0.15, 0.2) is 0 Å². The molecule has 2 amide bonds. The molecule has 214 valence electrons. The van der Waals surface area contributed by atoms with E-state index < -0.39 is 28.6 Å². The van der Waals surface area contributed by atoms with Gasteiger partial charge < -0.3 is 19.6 Å². The number of allylic oxidation sites excluding steroid dienone is 1. The molecule has 2 aromatic rings. The largest absolute Gasteiger partial charge is 0.465 e. The highest BCUT2D eigenvalue weighted by Gasteiger charge is 2.76. The maximum atomic E-state index is 14.4. The normalized spacial score (nSPS) is 28.6. The molecule has 2 bridgehead atoms. The zero-order valence-corrected chi connectivity index (χ0v) is 24.6. The minimum absolute atomic E-state index is 0.00315. The van der Waals surface area contributed by atoms with Crippen LogP contribution in [0.25, 0.3) is 11.0 Å². The number of ether oxygens (including phenoxy) is 1. The summed E-state index contributed by atoms with van der Waals surface area (Å²) < 4.78 is 6.49. The zero-order chi connectivity index (χ0) is 28.4. The van der Waals surface area contributed by atoms with Crippen LogP contribution in [0.5, 0.6) is 0 Å². The molecule has 0 saturated carbocycles. The van der Waals surface area contributed by atoms with E-state index in [1.807, 2.05) is 30.3 Å². The number of hydrogen-bond acceptors (Lipinski definition) is 8. The Morgan fingerprint density at radius 3 is 2.83 bits per heavy atom. The molecule has 12 heteroatoms. The third-order valence-corrected chi connectivity index (χ3v) is 11.3. The number of esters is 1. The highest BCUT2D eigenvalue weighted by atomic mass is 79.9. The molecule has 40 heavy (non-hydrogen) atoms. The van der Waals surface area contributed by atoms with Crippen molar-refractivity contribution in [2.24, 2.45) is 11.8 Å². The quantitative estimate of drug-likeness (QED) is 0.155. The fourth-order valence-corrected chi connectivity index (χ4v) is 10.0. The van der Waals surface area contributed by atoms with Gasteiger partial charge >= 0.3 is 5.97 Å². The van der Waals surface area contributed by atoms with Crippen LogP contribution in [-0.4, -0.2) is 94.9 Å². The van der Waals surface area contributed by atoms with Crippen molar-refractivity contribution in [3.8, 4) is 0 Å². The fraction of sp³-hybridized carbons (Fsp3) is 0.536. The number of amides is 2. The van der Waals surface area contributed by atoms with Gasteiger partial charge in [0.1, 0.15) is 18.2 Å². The molecular formula is C28H34BrN5O5S. The predicted octanol–water partition coefficient (Wildman–Crippen LogP) is 2.76. The number of benzene rings is 1. The van der Waals surface area contributed by atoms with Gasteiger partial charge in [-0.15, -0.1) is 30.0 Å². The number of fused-ring (bicyclic) bond motifs is 2. The van der Waals surface area contributed by atoms with Crippen molar-refractivity contribution in [2.45, 2.75) is 53.2 Å². The number of rotatable bonds is 13. The standard InChI is InChI=1S/C28H34BrN5O5S/c1-3-5-6-9-15-39-27(38)21-22-25(36)33(13-14-35)24(28(22)16-18(29)23(21)40-28)26(37)32(12-4-2)17-34-20-11-8-7-10-19(20)30-31-34/h3-4,7-8,10-11,18,21-24,35H,1-2,5-6,9,12-17H2/t18?,21-,22-,23-,24?,28?/m0/s1. The molecule has 0 aliphatic carbocycles. The van der Waals surface area contributed by atoms with Crippen LogP contribution in [-0.2, 0) is 25.8 Å². The van der Waals surface area contributed by atoms with Crippen molar-refractivity contribution in [3.05, 3.63) is 49.6 Å². The molecule has 1 aromatic heterocycles. The average molecular weight is 633 g/mol. The summed E-state index contributed by atoms with van der Waals surface area (Å²) in [6, 6.07) is 6.63. The molecule has 5 rings (SSSR count). The minimum Gasteiger partial charge on any atom is -0.465 e. The van der Waals surface area contributed by atoms with Gasteiger partial charge in [-0.3, -0.25) is 14.4 Å². The molecule has 3 unspecified atom stereocenters. The summed E-state index contributed by atoms with van der Waals surface area (Å²) in [4.78, 5) is 44.7. The van der Waals surface area contributed by atoms with Crippen LogP contribution >= 0.6 is 27.7 Å². The topological polar surface area (TPSA) is 118 Å². The summed E-state index contributed by atoms with van der Waals surface area (Å²) >= 11 is 5.30. The molecule has 4 heterocycles. The van der Waals surface area contributed by atoms with Gasteiger partial charge in [0, 0.05) is 23.2 Å². The Morgan fingerprint density at radius 1 is 1.27 bits per heavy atom. The van der Waals surface area contributed by atoms with E-state index in [9.17, 15) is 19.5 Å². The lowest BCUT2D eigenvalue weighted by molar-refractivity contribution is -0.154. The first kappa shape index (κ1) is 28.8. The van der Waals surface area contributed by atoms with Crippen molar-refractivity contribution >= 4 is 56.5 Å². The number of para-hydroxylation sites is 1. The van der Waals surface area contributed by atoms with E-state index in [0.717, 1.165) is 24.8 Å². The van der Waals surface area contributed by atoms with E-state index in [-0.39, 0.29) is 54.9 Å². The van der Waals surface area contributed by atoms with Crippen molar-refractivity contribution < 1.29 is 24.2 Å². The van der Waals surface area contributed by atoms with E-state index >= 15 is 0 Å². The smallest absolute Gasteiger partial charge is 0.310 e. The second kappa shape index (κ2) is 12.0. The van der Waals surface area contributed by atoms with Crippen molar-refractivity contribution in [3.63, 3.8) is 0 Å². The highest BCUT2D eigenvalue weighted by Crippen LogP contribution is 2.68. The predicted molar refractivity (Wildman–Crippen MR) is 155 cm³/mol. The van der Waals surface area contributed by atoms with Gasteiger partial charge in [0.25, 0.3) is 0 Å². The number of halogens is 1. The summed E-state index contributed by atoms with van der Waals surface area (Å²) in [5.41, 5.74) is 1.49. The number of carbonyl (C=O) groups is 3. The summed E-state index contributed by atoms with van der Waals surface area (Å²) in [6.45, 7) is 7.89. The molecule has 3 aliphatic rings. The molecule has 1 spiro atoms. The van der Waals surface area contributed by atoms with Crippen LogP contribution in [0.4, 0.5) is 0 Å². The first-order chi connectivity index (χ1) is 19.4. The molecule has 1 N–H and O–H groups in total. The average Bonchev–Trinajstić information content (AvgIpc) is 3.66. The van der Waals surface area contributed by atoms with Crippen molar-refractivity contribution in [1.82, 2.24) is 24.8 Å². The Labute approximate surface area is 245 Å². The van der Waals surface area contributed by atoms with Crippen molar-refractivity contribution in [1.29, 1.82) is 0 Å². The Morgan fingerprint density at radius 2 is 2.08 bits per heavy atom. The Kier molecular flexibility index (Phi) is 8.67. The molecule has 6 atom stereocenters. The molecule has 3 saturated heterocycles. The number of aliphatic hydroxyl groups is 1. The highest BCUT2D eigenvalue weighted by molar-refractivity contribution is 9.09. The number of carbonyl (C=O) groups excluding carboxylic acids is 3. The Bertz CT molecular complexity index is 1300. The number of unbranched alkanes of at least 4 members (excludes halogenated alkanes) is 2. The Hall–Kier alpha value is -2.70. The van der Waals surface area contributed by atoms with Crippen LogP contribution in [0.2, 0.25) is 0 Å². The number of aliphatic hydroxyl groups excluding tert-OH is 1. The first-order valence-electron chi connectivity index (χ1n) is 13.6. The van der Waals surface area contributed by atoms with E-state index in [2.05, 4.69) is 39.4 Å². The number of β-amino-alcohol motifs (C(OH)–C–C–N with tert-alkyl or cyclic N) is 1. The van der Waals surface area contributed by atoms with Crippen molar-refractivity contribution in [2.75, 3.05) is 26.3 Å². The van der Waals surface area contributed by atoms with Gasteiger partial charge in [-0.25, -0.2) is 4.68 Å². The van der Waals surface area contributed by atoms with Gasteiger partial charge in [0.2, 0.25) is 11.8 Å². The Balaban J connectivity index is 1.44. The second-order valence-corrected chi connectivity index (χ2v) is 13.2. The third kappa shape index (κ3) is 4.87. The van der Waals surface area contributed by atoms with Crippen LogP contribution < -0.4 is 0 Å². The van der Waals surface area contributed by atoms with Crippen LogP contribution in [0.1, 0.15) is 25.7 Å². The van der Waals surface area contributed by atoms with Gasteiger partial charge in [-0.05, 0) is 37.8 Å². The maximum absolute atomic E-state index is 14.4. The number of alkyl halides is 1. The SMILES string of the molecule is C=CCCCCOC(=O)[C@H]1[C@H]2C(=O)N(CCO)C(C(=O)N(CC=C)Cn3nnc4ccccc43)C23CC(Br)[C@@H]1S3. The summed E-state index contributed by atoms with van der Waals surface area (Å²) in [7, 11) is 0. The summed E-state index contributed by atoms with van der Waals surface area (Å²) in [6.07, 6.45) is 6.45. The summed E-state index contributed by atoms with van der Waals surface area (Å²) in [5, 5.41) is 18.1. The van der Waals surface area contributed by atoms with E-state index in [0.29, 0.717) is 11.9 Å². The van der Waals surface area contributed by atoms with Gasteiger partial charge in [0.05, 0.1) is 35.3 Å². The van der Waals surface area contributed by atoms with E-state index in [4.69, 9.17) is 4.74 Å². The van der Waals surface area contributed by atoms with Crippen LogP contribution in [0, 0.1) is 11.8 Å². The molecule has 10 nitrogen and oxygen atoms in total. The molecule has 3 aliphatic heterocycles. The second-order valence-electron chi connectivity index (χ2n) is 10.4. The third-order valence-electron chi connectivity index (χ3n) is 8.07. The molecule has 3 fully saturated rings. The van der Waals surface area contributed by atoms with E-state index in [1.54, 1.807) is 27.4 Å². The number of likely N-dealkylation sites (tertiary alicyclic amines) is 1. The van der Waals surface area contributed by atoms with E-state index in [1.165, 1.54) is 4.90 Å². The van der Waals surface area contributed by atoms with Crippen LogP contribution in [0.15, 0.2) is 49.6 Å². The number of thioether (sulfide) groups is 1. The lowest BCUT2D eigenvalue weighted by atomic mass is 9.71. The summed E-state index contributed by atoms with van der Waals surface area (Å²) in [5.74, 6) is -2.30. The van der Waals surface area contributed by atoms with Gasteiger partial charge in [-0.1, -0.05) is 45.4 Å². The fourth-order valence-electron chi connectivity index (χ4n) is 6.42. The number of hydrogen-bond donors (Lipinski definition) is 1. The zero-order valence-electron chi connectivity index (χ0n) is 22.2. The lowest BCUT2D eigenvalue weighted by Gasteiger charge is -2.37. The monoisotopic (exact) mass is 631 g/mol. The first-order valence-corrected chi connectivity index (χ1v) is 15.4. The number of aromatic nitrogens is 3. The molecule has 1 aromatic carbocycles. The lowest BCUT2D eigenvalue weighted by Crippen LogP contribution is -2.56. The van der Waals surface area contributed by atoms with Gasteiger partial charge in [-0.2, -0.15) is 0 Å². The maximum Gasteiger partial charge on any atom is 0.310 e. The number of nitrogens with zero attached hydrogens (tertiary/aromatic N) is 5. The van der Waals surface area contributed by atoms with Crippen LogP contribution in [0.3, 0.4) is 0 Å². The molecule has 0 radical (unpaired) electrons.